The molecule has 1 N–H and O–H groups in total. The van der Waals surface area contributed by atoms with Crippen LogP contribution >= 0.6 is 11.6 Å². The second-order valence-corrected chi connectivity index (χ2v) is 5.22. The standard InChI is InChI=1S/C16H10ClN3O4/c17-11-4-7-15(18-9-11)19-16(21)14-6-5-13(24-14)10-2-1-3-12(8-10)20(22)23/h1-9H,(H,18,19,21). The average Bonchev–Trinajstić information content (AvgIpc) is 3.07. The van der Waals surface area contributed by atoms with Crippen LogP contribution in [0, 0.1) is 10.1 Å². The molecule has 1 amide bonds. The largest absolute Gasteiger partial charge is 0.451 e. The summed E-state index contributed by atoms with van der Waals surface area (Å²) in [7, 11) is 0. The Labute approximate surface area is 141 Å². The third kappa shape index (κ3) is 3.41. The Hall–Kier alpha value is -3.19. The lowest BCUT2D eigenvalue weighted by Gasteiger charge is -2.02. The van der Waals surface area contributed by atoms with Crippen molar-refractivity contribution in [2.75, 3.05) is 5.32 Å². The number of carbonyl (C=O) groups is 1. The van der Waals surface area contributed by atoms with Crippen molar-refractivity contribution in [3.05, 3.63) is 75.6 Å². The van der Waals surface area contributed by atoms with Gasteiger partial charge in [-0.25, -0.2) is 4.98 Å². The molecule has 7 nitrogen and oxygen atoms in total. The Morgan fingerprint density at radius 2 is 2.04 bits per heavy atom. The van der Waals surface area contributed by atoms with Gasteiger partial charge in [0.1, 0.15) is 11.6 Å². The van der Waals surface area contributed by atoms with Crippen molar-refractivity contribution in [2.45, 2.75) is 0 Å². The monoisotopic (exact) mass is 343 g/mol. The van der Waals surface area contributed by atoms with Crippen LogP contribution in [0.2, 0.25) is 5.02 Å². The fraction of sp³-hybridized carbons (Fsp3) is 0. The van der Waals surface area contributed by atoms with Gasteiger partial charge < -0.3 is 9.73 Å². The summed E-state index contributed by atoms with van der Waals surface area (Å²) in [5.41, 5.74) is 0.452. The number of carbonyl (C=O) groups excluding carboxylic acids is 1. The van der Waals surface area contributed by atoms with E-state index in [1.807, 2.05) is 0 Å². The third-order valence-electron chi connectivity index (χ3n) is 3.14. The maximum atomic E-state index is 12.1. The zero-order valence-corrected chi connectivity index (χ0v) is 12.9. The van der Waals surface area contributed by atoms with Gasteiger partial charge in [0.25, 0.3) is 11.6 Å². The van der Waals surface area contributed by atoms with E-state index in [9.17, 15) is 14.9 Å². The molecule has 1 aromatic carbocycles. The predicted octanol–water partition coefficient (Wildman–Crippen LogP) is 4.16. The Morgan fingerprint density at radius 1 is 1.21 bits per heavy atom. The summed E-state index contributed by atoms with van der Waals surface area (Å²) < 4.78 is 5.47. The third-order valence-corrected chi connectivity index (χ3v) is 3.36. The fourth-order valence-electron chi connectivity index (χ4n) is 2.02. The van der Waals surface area contributed by atoms with E-state index in [1.54, 1.807) is 30.3 Å². The lowest BCUT2D eigenvalue weighted by atomic mass is 10.1. The van der Waals surface area contributed by atoms with Gasteiger partial charge in [0.2, 0.25) is 0 Å². The minimum atomic E-state index is -0.494. The van der Waals surface area contributed by atoms with E-state index in [2.05, 4.69) is 10.3 Å². The van der Waals surface area contributed by atoms with Crippen molar-refractivity contribution in [1.82, 2.24) is 4.98 Å². The number of aromatic nitrogens is 1. The molecular formula is C16H10ClN3O4. The highest BCUT2D eigenvalue weighted by atomic mass is 35.5. The van der Waals surface area contributed by atoms with Crippen molar-refractivity contribution in [3.8, 4) is 11.3 Å². The van der Waals surface area contributed by atoms with Crippen LogP contribution in [0.3, 0.4) is 0 Å². The lowest BCUT2D eigenvalue weighted by molar-refractivity contribution is -0.384. The predicted molar refractivity (Wildman–Crippen MR) is 88.0 cm³/mol. The molecular weight excluding hydrogens is 334 g/mol. The zero-order chi connectivity index (χ0) is 17.1. The van der Waals surface area contributed by atoms with Crippen LogP contribution in [-0.4, -0.2) is 15.8 Å². The van der Waals surface area contributed by atoms with Crippen molar-refractivity contribution in [3.63, 3.8) is 0 Å². The maximum Gasteiger partial charge on any atom is 0.292 e. The van der Waals surface area contributed by atoms with Crippen LogP contribution in [0.15, 0.2) is 59.1 Å². The van der Waals surface area contributed by atoms with Gasteiger partial charge >= 0.3 is 0 Å². The van der Waals surface area contributed by atoms with E-state index >= 15 is 0 Å². The summed E-state index contributed by atoms with van der Waals surface area (Å²) in [5, 5.41) is 13.8. The molecule has 24 heavy (non-hydrogen) atoms. The zero-order valence-electron chi connectivity index (χ0n) is 12.1. The molecule has 0 spiro atoms. The van der Waals surface area contributed by atoms with Gasteiger partial charge in [-0.3, -0.25) is 14.9 Å². The summed E-state index contributed by atoms with van der Waals surface area (Å²) in [5.74, 6) is 0.264. The number of anilines is 1. The van der Waals surface area contributed by atoms with Crippen molar-refractivity contribution < 1.29 is 14.1 Å². The summed E-state index contributed by atoms with van der Waals surface area (Å²) in [6.45, 7) is 0. The number of nitro groups is 1. The summed E-state index contributed by atoms with van der Waals surface area (Å²) in [6, 6.07) is 12.2. The Kier molecular flexibility index (Phi) is 4.26. The molecule has 8 heteroatoms. The summed E-state index contributed by atoms with van der Waals surface area (Å²) in [6.07, 6.45) is 1.41. The number of rotatable bonds is 4. The average molecular weight is 344 g/mol. The van der Waals surface area contributed by atoms with Crippen LogP contribution in [-0.2, 0) is 0 Å². The van der Waals surface area contributed by atoms with E-state index in [4.69, 9.17) is 16.0 Å². The van der Waals surface area contributed by atoms with Gasteiger partial charge in [-0.05, 0) is 24.3 Å². The molecule has 0 saturated heterocycles. The van der Waals surface area contributed by atoms with Gasteiger partial charge in [0.05, 0.1) is 9.95 Å². The van der Waals surface area contributed by atoms with Gasteiger partial charge in [0.15, 0.2) is 5.76 Å². The highest BCUT2D eigenvalue weighted by molar-refractivity contribution is 6.30. The van der Waals surface area contributed by atoms with E-state index in [1.165, 1.54) is 24.4 Å². The highest BCUT2D eigenvalue weighted by Gasteiger charge is 2.14. The lowest BCUT2D eigenvalue weighted by Crippen LogP contribution is -2.11. The molecule has 0 aliphatic heterocycles. The Bertz CT molecular complexity index is 906. The topological polar surface area (TPSA) is 98.3 Å². The summed E-state index contributed by atoms with van der Waals surface area (Å²) >= 11 is 5.73. The molecule has 0 unspecified atom stereocenters. The van der Waals surface area contributed by atoms with Crippen LogP contribution in [0.1, 0.15) is 10.6 Å². The number of benzene rings is 1. The fourth-order valence-corrected chi connectivity index (χ4v) is 2.13. The number of nitrogens with zero attached hydrogens (tertiary/aromatic N) is 2. The number of non-ortho nitro benzene ring substituents is 1. The van der Waals surface area contributed by atoms with Crippen molar-refractivity contribution in [2.24, 2.45) is 0 Å². The molecule has 0 aliphatic rings. The summed E-state index contributed by atoms with van der Waals surface area (Å²) in [4.78, 5) is 26.4. The number of pyridine rings is 1. The molecule has 2 aromatic heterocycles. The second kappa shape index (κ2) is 6.51. The minimum Gasteiger partial charge on any atom is -0.451 e. The number of nitro benzene ring substituents is 1. The van der Waals surface area contributed by atoms with E-state index < -0.39 is 10.8 Å². The highest BCUT2D eigenvalue weighted by Crippen LogP contribution is 2.26. The molecule has 0 atom stereocenters. The number of hydrogen-bond donors (Lipinski definition) is 1. The number of nitrogens with one attached hydrogen (secondary N) is 1. The van der Waals surface area contributed by atoms with Crippen molar-refractivity contribution in [1.29, 1.82) is 0 Å². The van der Waals surface area contributed by atoms with Gasteiger partial charge in [-0.1, -0.05) is 23.7 Å². The molecule has 3 rings (SSSR count). The maximum absolute atomic E-state index is 12.1. The van der Waals surface area contributed by atoms with Gasteiger partial charge in [-0.15, -0.1) is 0 Å². The number of furan rings is 1. The minimum absolute atomic E-state index is 0.0553. The molecule has 2 heterocycles. The molecule has 0 radical (unpaired) electrons. The van der Waals surface area contributed by atoms with Gasteiger partial charge in [0, 0.05) is 23.9 Å². The molecule has 3 aromatic rings. The second-order valence-electron chi connectivity index (χ2n) is 4.79. The van der Waals surface area contributed by atoms with E-state index in [0.717, 1.165) is 0 Å². The van der Waals surface area contributed by atoms with Crippen LogP contribution < -0.4 is 5.32 Å². The van der Waals surface area contributed by atoms with Crippen molar-refractivity contribution >= 4 is 29.0 Å². The molecule has 120 valence electrons. The molecule has 0 aliphatic carbocycles. The first kappa shape index (κ1) is 15.7. The van der Waals surface area contributed by atoms with E-state index in [0.29, 0.717) is 22.2 Å². The Morgan fingerprint density at radius 3 is 2.75 bits per heavy atom. The van der Waals surface area contributed by atoms with Crippen LogP contribution in [0.25, 0.3) is 11.3 Å². The van der Waals surface area contributed by atoms with Gasteiger partial charge in [-0.2, -0.15) is 0 Å². The SMILES string of the molecule is O=C(Nc1ccc(Cl)cn1)c1ccc(-c2cccc([N+](=O)[O-])c2)o1. The first-order valence-electron chi connectivity index (χ1n) is 6.80. The molecule has 0 saturated carbocycles. The number of hydrogen-bond acceptors (Lipinski definition) is 5. The first-order chi connectivity index (χ1) is 11.5. The number of halogens is 1. The normalized spacial score (nSPS) is 10.4. The van der Waals surface area contributed by atoms with Crippen LogP contribution in [0.5, 0.6) is 0 Å². The number of amides is 1. The Balaban J connectivity index is 1.80. The van der Waals surface area contributed by atoms with E-state index in [-0.39, 0.29) is 11.4 Å². The quantitative estimate of drug-likeness (QED) is 0.566. The molecule has 0 fully saturated rings. The molecule has 0 bridgehead atoms. The first-order valence-corrected chi connectivity index (χ1v) is 7.18. The smallest absolute Gasteiger partial charge is 0.292 e. The van der Waals surface area contributed by atoms with Crippen LogP contribution in [0.4, 0.5) is 11.5 Å².